The maximum absolute atomic E-state index is 5.92. The highest BCUT2D eigenvalue weighted by molar-refractivity contribution is 7.14. The van der Waals surface area contributed by atoms with E-state index in [4.69, 9.17) is 10.7 Å². The normalized spacial score (nSPS) is 18.3. The van der Waals surface area contributed by atoms with Crippen LogP contribution in [0.2, 0.25) is 0 Å². The van der Waals surface area contributed by atoms with Crippen molar-refractivity contribution in [3.63, 3.8) is 0 Å². The Bertz CT molecular complexity index is 484. The number of nitrogens with two attached hydrogens (primary N) is 1. The highest BCUT2D eigenvalue weighted by Crippen LogP contribution is 2.26. The van der Waals surface area contributed by atoms with E-state index in [1.165, 1.54) is 11.3 Å². The number of hydrogen-bond donors (Lipinski definition) is 1. The quantitative estimate of drug-likeness (QED) is 0.939. The van der Waals surface area contributed by atoms with Crippen molar-refractivity contribution in [2.24, 2.45) is 5.73 Å². The Balaban J connectivity index is 1.64. The fourth-order valence-corrected chi connectivity index (χ4v) is 3.76. The Kier molecular flexibility index (Phi) is 3.75. The minimum absolute atomic E-state index is 0.401. The van der Waals surface area contributed by atoms with Gasteiger partial charge in [0.2, 0.25) is 0 Å². The van der Waals surface area contributed by atoms with Crippen LogP contribution >= 0.6 is 22.7 Å². The molecule has 0 bridgehead atoms. The molecule has 2 N–H and O–H groups in total. The van der Waals surface area contributed by atoms with Crippen molar-refractivity contribution in [1.29, 1.82) is 0 Å². The SMILES string of the molecule is NC1CCN(Cc2csc(-c3ccsc3)n2)CC1. The first-order chi connectivity index (χ1) is 8.81. The minimum Gasteiger partial charge on any atom is -0.328 e. The molecule has 0 aliphatic carbocycles. The molecule has 3 rings (SSSR count). The van der Waals surface area contributed by atoms with E-state index in [-0.39, 0.29) is 0 Å². The maximum atomic E-state index is 5.92. The fourth-order valence-electron chi connectivity index (χ4n) is 2.24. The van der Waals surface area contributed by atoms with E-state index >= 15 is 0 Å². The van der Waals surface area contributed by atoms with Gasteiger partial charge in [0.05, 0.1) is 5.69 Å². The molecule has 0 spiro atoms. The Hall–Kier alpha value is -0.750. The molecule has 1 saturated heterocycles. The van der Waals surface area contributed by atoms with Crippen molar-refractivity contribution in [2.75, 3.05) is 13.1 Å². The summed E-state index contributed by atoms with van der Waals surface area (Å²) in [6.45, 7) is 3.17. The summed E-state index contributed by atoms with van der Waals surface area (Å²) in [7, 11) is 0. The van der Waals surface area contributed by atoms with Gasteiger partial charge in [0.15, 0.2) is 0 Å². The van der Waals surface area contributed by atoms with E-state index in [0.29, 0.717) is 6.04 Å². The van der Waals surface area contributed by atoms with E-state index in [9.17, 15) is 0 Å². The summed E-state index contributed by atoms with van der Waals surface area (Å²) < 4.78 is 0. The third-order valence-corrected chi connectivity index (χ3v) is 4.96. The average Bonchev–Trinajstić information content (AvgIpc) is 3.02. The van der Waals surface area contributed by atoms with Crippen LogP contribution in [-0.4, -0.2) is 29.0 Å². The Morgan fingerprint density at radius 2 is 2.17 bits per heavy atom. The lowest BCUT2D eigenvalue weighted by Crippen LogP contribution is -2.39. The molecule has 0 radical (unpaired) electrons. The number of likely N-dealkylation sites (tertiary alicyclic amines) is 1. The Labute approximate surface area is 115 Å². The number of thiazole rings is 1. The van der Waals surface area contributed by atoms with Crippen LogP contribution in [0.5, 0.6) is 0 Å². The van der Waals surface area contributed by atoms with Crippen molar-refractivity contribution >= 4 is 22.7 Å². The lowest BCUT2D eigenvalue weighted by molar-refractivity contribution is 0.204. The fraction of sp³-hybridized carbons (Fsp3) is 0.462. The molecule has 2 aromatic rings. The minimum atomic E-state index is 0.401. The van der Waals surface area contributed by atoms with E-state index in [1.807, 2.05) is 0 Å². The van der Waals surface area contributed by atoms with Crippen molar-refractivity contribution < 1.29 is 0 Å². The highest BCUT2D eigenvalue weighted by atomic mass is 32.1. The van der Waals surface area contributed by atoms with E-state index < -0.39 is 0 Å². The molecule has 5 heteroatoms. The number of aromatic nitrogens is 1. The van der Waals surface area contributed by atoms with Gasteiger partial charge in [0.25, 0.3) is 0 Å². The summed E-state index contributed by atoms with van der Waals surface area (Å²) in [4.78, 5) is 7.17. The van der Waals surface area contributed by atoms with Gasteiger partial charge in [-0.15, -0.1) is 11.3 Å². The number of thiophene rings is 1. The molecule has 1 aliphatic heterocycles. The molecule has 2 aromatic heterocycles. The zero-order chi connectivity index (χ0) is 12.4. The molecule has 1 aliphatic rings. The second-order valence-corrected chi connectivity index (χ2v) is 6.41. The van der Waals surface area contributed by atoms with Crippen LogP contribution in [-0.2, 0) is 6.54 Å². The molecular weight excluding hydrogens is 262 g/mol. The van der Waals surface area contributed by atoms with E-state index in [2.05, 4.69) is 27.1 Å². The highest BCUT2D eigenvalue weighted by Gasteiger charge is 2.17. The van der Waals surface area contributed by atoms with Crippen LogP contribution in [0, 0.1) is 0 Å². The first kappa shape index (κ1) is 12.3. The van der Waals surface area contributed by atoms with Gasteiger partial charge < -0.3 is 5.73 Å². The zero-order valence-electron chi connectivity index (χ0n) is 10.2. The smallest absolute Gasteiger partial charge is 0.124 e. The predicted molar refractivity (Wildman–Crippen MR) is 77.9 cm³/mol. The van der Waals surface area contributed by atoms with Crippen LogP contribution in [0.3, 0.4) is 0 Å². The number of hydrogen-bond acceptors (Lipinski definition) is 5. The van der Waals surface area contributed by atoms with Crippen LogP contribution in [0.4, 0.5) is 0 Å². The summed E-state index contributed by atoms with van der Waals surface area (Å²) in [5, 5.41) is 7.58. The lowest BCUT2D eigenvalue weighted by Gasteiger charge is -2.29. The van der Waals surface area contributed by atoms with Crippen LogP contribution < -0.4 is 5.73 Å². The van der Waals surface area contributed by atoms with Gasteiger partial charge in [0.1, 0.15) is 5.01 Å². The molecule has 0 amide bonds. The first-order valence-corrected chi connectivity index (χ1v) is 8.08. The maximum Gasteiger partial charge on any atom is 0.124 e. The van der Waals surface area contributed by atoms with Crippen LogP contribution in [0.15, 0.2) is 22.2 Å². The molecule has 96 valence electrons. The Morgan fingerprint density at radius 3 is 2.89 bits per heavy atom. The van der Waals surface area contributed by atoms with E-state index in [0.717, 1.165) is 37.5 Å². The number of nitrogens with zero attached hydrogens (tertiary/aromatic N) is 2. The van der Waals surface area contributed by atoms with Gasteiger partial charge in [0, 0.05) is 42.0 Å². The molecule has 0 aromatic carbocycles. The molecule has 0 saturated carbocycles. The van der Waals surface area contributed by atoms with Crippen LogP contribution in [0.1, 0.15) is 18.5 Å². The topological polar surface area (TPSA) is 42.1 Å². The Morgan fingerprint density at radius 1 is 1.33 bits per heavy atom. The summed E-state index contributed by atoms with van der Waals surface area (Å²) >= 11 is 3.46. The monoisotopic (exact) mass is 279 g/mol. The third kappa shape index (κ3) is 2.80. The molecule has 3 heterocycles. The van der Waals surface area contributed by atoms with Crippen molar-refractivity contribution in [3.8, 4) is 10.6 Å². The molecule has 3 nitrogen and oxygen atoms in total. The second-order valence-electron chi connectivity index (χ2n) is 4.77. The molecular formula is C13H17N3S2. The summed E-state index contributed by atoms with van der Waals surface area (Å²) in [6.07, 6.45) is 2.23. The average molecular weight is 279 g/mol. The third-order valence-electron chi connectivity index (χ3n) is 3.34. The van der Waals surface area contributed by atoms with Crippen molar-refractivity contribution in [2.45, 2.75) is 25.4 Å². The van der Waals surface area contributed by atoms with Gasteiger partial charge >= 0.3 is 0 Å². The first-order valence-electron chi connectivity index (χ1n) is 6.26. The van der Waals surface area contributed by atoms with Gasteiger partial charge in [-0.25, -0.2) is 4.98 Å². The second kappa shape index (κ2) is 5.48. The van der Waals surface area contributed by atoms with Gasteiger partial charge in [-0.3, -0.25) is 4.90 Å². The van der Waals surface area contributed by atoms with Gasteiger partial charge in [-0.05, 0) is 24.3 Å². The standard InChI is InChI=1S/C13H17N3S2/c14-11-1-4-16(5-2-11)7-12-9-18-13(15-12)10-3-6-17-8-10/h3,6,8-9,11H,1-2,4-5,7,14H2. The molecule has 18 heavy (non-hydrogen) atoms. The van der Waals surface area contributed by atoms with Crippen molar-refractivity contribution in [3.05, 3.63) is 27.9 Å². The van der Waals surface area contributed by atoms with Gasteiger partial charge in [-0.2, -0.15) is 11.3 Å². The molecule has 1 fully saturated rings. The molecule has 0 unspecified atom stereocenters. The predicted octanol–water partition coefficient (Wildman–Crippen LogP) is 2.79. The summed E-state index contributed by atoms with van der Waals surface area (Å²) in [5.74, 6) is 0. The van der Waals surface area contributed by atoms with Crippen molar-refractivity contribution in [1.82, 2.24) is 9.88 Å². The zero-order valence-corrected chi connectivity index (χ0v) is 11.8. The number of rotatable bonds is 3. The lowest BCUT2D eigenvalue weighted by atomic mass is 10.1. The van der Waals surface area contributed by atoms with E-state index in [1.54, 1.807) is 22.7 Å². The number of piperidine rings is 1. The summed E-state index contributed by atoms with van der Waals surface area (Å²) in [5.41, 5.74) is 8.36. The molecule has 0 atom stereocenters. The van der Waals surface area contributed by atoms with Crippen LogP contribution in [0.25, 0.3) is 10.6 Å². The summed E-state index contributed by atoms with van der Waals surface area (Å²) in [6, 6.07) is 2.53. The van der Waals surface area contributed by atoms with Gasteiger partial charge in [-0.1, -0.05) is 0 Å². The largest absolute Gasteiger partial charge is 0.328 e.